The second kappa shape index (κ2) is 4.90. The van der Waals surface area contributed by atoms with Gasteiger partial charge in [-0.2, -0.15) is 5.10 Å². The Morgan fingerprint density at radius 3 is 3.00 bits per heavy atom. The number of hydrogen-bond acceptors (Lipinski definition) is 3. The van der Waals surface area contributed by atoms with Crippen LogP contribution >= 0.6 is 0 Å². The Bertz CT molecular complexity index is 500. The molecule has 1 fully saturated rings. The van der Waals surface area contributed by atoms with E-state index in [1.807, 2.05) is 18.5 Å². The van der Waals surface area contributed by atoms with Gasteiger partial charge in [-0.15, -0.1) is 0 Å². The summed E-state index contributed by atoms with van der Waals surface area (Å²) in [4.78, 5) is 4.15. The minimum absolute atomic E-state index is 0.677. The minimum atomic E-state index is 0.677. The fraction of sp³-hybridized carbons (Fsp3) is 0.429. The van der Waals surface area contributed by atoms with Crippen molar-refractivity contribution in [1.29, 1.82) is 0 Å². The molecule has 0 aliphatic heterocycles. The van der Waals surface area contributed by atoms with E-state index in [1.54, 1.807) is 6.20 Å². The molecule has 4 heteroatoms. The average Bonchev–Trinajstić information content (AvgIpc) is 2.82. The zero-order chi connectivity index (χ0) is 12.4. The van der Waals surface area contributed by atoms with E-state index >= 15 is 0 Å². The third kappa shape index (κ3) is 2.29. The quantitative estimate of drug-likeness (QED) is 0.865. The molecule has 4 nitrogen and oxygen atoms in total. The highest BCUT2D eigenvalue weighted by atomic mass is 15.1. The van der Waals surface area contributed by atoms with E-state index in [0.717, 1.165) is 23.7 Å². The molecule has 1 saturated carbocycles. The average molecular weight is 242 g/mol. The second-order valence-corrected chi connectivity index (χ2v) is 5.17. The fourth-order valence-corrected chi connectivity index (χ4v) is 2.53. The first kappa shape index (κ1) is 11.4. The molecule has 0 aromatic carbocycles. The Morgan fingerprint density at radius 2 is 2.28 bits per heavy atom. The molecule has 2 N–H and O–H groups in total. The number of H-pyrrole nitrogens is 1. The normalized spacial score (nSPS) is 22.7. The molecule has 0 amide bonds. The molecule has 2 aromatic rings. The summed E-state index contributed by atoms with van der Waals surface area (Å²) in [7, 11) is 0. The smallest absolute Gasteiger partial charge is 0.0710 e. The maximum absolute atomic E-state index is 4.15. The number of nitrogens with one attached hydrogen (secondary N) is 2. The Morgan fingerprint density at radius 1 is 1.39 bits per heavy atom. The lowest BCUT2D eigenvalue weighted by molar-refractivity contribution is 0.240. The fourth-order valence-electron chi connectivity index (χ4n) is 2.53. The van der Waals surface area contributed by atoms with Crippen LogP contribution in [0.25, 0.3) is 11.3 Å². The predicted octanol–water partition coefficient (Wildman–Crippen LogP) is 2.36. The number of aromatic nitrogens is 3. The molecule has 0 saturated heterocycles. The zero-order valence-corrected chi connectivity index (χ0v) is 10.6. The largest absolute Gasteiger partial charge is 0.310 e. The Balaban J connectivity index is 1.68. The van der Waals surface area contributed by atoms with Crippen LogP contribution in [0, 0.1) is 5.92 Å². The summed E-state index contributed by atoms with van der Waals surface area (Å²) in [5.74, 6) is 0.879. The van der Waals surface area contributed by atoms with Gasteiger partial charge in [0.25, 0.3) is 0 Å². The highest BCUT2D eigenvalue weighted by Gasteiger charge is 2.24. The first-order valence-corrected chi connectivity index (χ1v) is 6.49. The van der Waals surface area contributed by atoms with Crippen molar-refractivity contribution in [3.05, 3.63) is 36.3 Å². The van der Waals surface area contributed by atoms with Crippen molar-refractivity contribution >= 4 is 0 Å². The molecule has 0 spiro atoms. The molecular formula is C14H18N4. The summed E-state index contributed by atoms with van der Waals surface area (Å²) in [5.41, 5.74) is 3.37. The summed E-state index contributed by atoms with van der Waals surface area (Å²) in [6, 6.07) is 4.67. The zero-order valence-electron chi connectivity index (χ0n) is 10.6. The van der Waals surface area contributed by atoms with Crippen molar-refractivity contribution < 1.29 is 0 Å². The first-order valence-electron chi connectivity index (χ1n) is 6.49. The van der Waals surface area contributed by atoms with Crippen LogP contribution in [0.2, 0.25) is 0 Å². The van der Waals surface area contributed by atoms with Crippen LogP contribution in [-0.4, -0.2) is 21.2 Å². The highest BCUT2D eigenvalue weighted by molar-refractivity contribution is 5.61. The topological polar surface area (TPSA) is 53.6 Å². The summed E-state index contributed by atoms with van der Waals surface area (Å²) in [5, 5.41) is 10.8. The Kier molecular flexibility index (Phi) is 3.11. The molecule has 2 aromatic heterocycles. The SMILES string of the molecule is CC1CC(NCc2cn[nH]c2-c2cccnc2)C1. The van der Waals surface area contributed by atoms with E-state index in [2.05, 4.69) is 33.5 Å². The van der Waals surface area contributed by atoms with Crippen molar-refractivity contribution in [2.45, 2.75) is 32.4 Å². The van der Waals surface area contributed by atoms with E-state index in [9.17, 15) is 0 Å². The van der Waals surface area contributed by atoms with Gasteiger partial charge in [-0.3, -0.25) is 10.1 Å². The van der Waals surface area contributed by atoms with E-state index in [0.29, 0.717) is 6.04 Å². The summed E-state index contributed by atoms with van der Waals surface area (Å²) in [6.07, 6.45) is 8.13. The van der Waals surface area contributed by atoms with Gasteiger partial charge in [0.15, 0.2) is 0 Å². The molecular weight excluding hydrogens is 224 g/mol. The van der Waals surface area contributed by atoms with Gasteiger partial charge >= 0.3 is 0 Å². The van der Waals surface area contributed by atoms with Gasteiger partial charge in [0.05, 0.1) is 11.9 Å². The summed E-state index contributed by atoms with van der Waals surface area (Å²) in [6.45, 7) is 3.18. The van der Waals surface area contributed by atoms with Crippen molar-refractivity contribution in [3.63, 3.8) is 0 Å². The highest BCUT2D eigenvalue weighted by Crippen LogP contribution is 2.27. The number of pyridine rings is 1. The predicted molar refractivity (Wildman–Crippen MR) is 70.8 cm³/mol. The molecule has 0 atom stereocenters. The molecule has 0 bridgehead atoms. The van der Waals surface area contributed by atoms with E-state index in [4.69, 9.17) is 0 Å². The van der Waals surface area contributed by atoms with Crippen LogP contribution < -0.4 is 5.32 Å². The van der Waals surface area contributed by atoms with Crippen LogP contribution in [0.1, 0.15) is 25.3 Å². The van der Waals surface area contributed by atoms with Gasteiger partial charge in [-0.05, 0) is 30.9 Å². The molecule has 1 aliphatic carbocycles. The number of hydrogen-bond donors (Lipinski definition) is 2. The van der Waals surface area contributed by atoms with Crippen molar-refractivity contribution in [2.24, 2.45) is 5.92 Å². The summed E-state index contributed by atoms with van der Waals surface area (Å²) < 4.78 is 0. The van der Waals surface area contributed by atoms with Crippen LogP contribution in [-0.2, 0) is 6.54 Å². The van der Waals surface area contributed by atoms with Crippen molar-refractivity contribution in [2.75, 3.05) is 0 Å². The molecule has 18 heavy (non-hydrogen) atoms. The molecule has 2 heterocycles. The van der Waals surface area contributed by atoms with Gasteiger partial charge in [0.2, 0.25) is 0 Å². The lowest BCUT2D eigenvalue weighted by Crippen LogP contribution is -2.39. The van der Waals surface area contributed by atoms with Crippen LogP contribution in [0.15, 0.2) is 30.7 Å². The number of nitrogens with zero attached hydrogens (tertiary/aromatic N) is 2. The Hall–Kier alpha value is -1.68. The third-order valence-corrected chi connectivity index (χ3v) is 3.62. The van der Waals surface area contributed by atoms with Gasteiger partial charge in [0.1, 0.15) is 0 Å². The number of aromatic amines is 1. The molecule has 1 aliphatic rings. The van der Waals surface area contributed by atoms with Crippen LogP contribution in [0.5, 0.6) is 0 Å². The number of rotatable bonds is 4. The van der Waals surface area contributed by atoms with Gasteiger partial charge in [0, 0.05) is 36.1 Å². The lowest BCUT2D eigenvalue weighted by Gasteiger charge is -2.33. The maximum Gasteiger partial charge on any atom is 0.0710 e. The third-order valence-electron chi connectivity index (χ3n) is 3.62. The molecule has 94 valence electrons. The van der Waals surface area contributed by atoms with Crippen LogP contribution in [0.4, 0.5) is 0 Å². The second-order valence-electron chi connectivity index (χ2n) is 5.17. The molecule has 3 rings (SSSR count). The molecule has 0 radical (unpaired) electrons. The molecule has 0 unspecified atom stereocenters. The van der Waals surface area contributed by atoms with Gasteiger partial charge in [-0.25, -0.2) is 0 Å². The van der Waals surface area contributed by atoms with Crippen LogP contribution in [0.3, 0.4) is 0 Å². The minimum Gasteiger partial charge on any atom is -0.310 e. The van der Waals surface area contributed by atoms with E-state index < -0.39 is 0 Å². The van der Waals surface area contributed by atoms with E-state index in [-0.39, 0.29) is 0 Å². The standard InChI is InChI=1S/C14H18N4/c1-10-5-13(6-10)16-8-12-9-17-18-14(12)11-3-2-4-15-7-11/h2-4,7,9-10,13,16H,5-6,8H2,1H3,(H,17,18). The van der Waals surface area contributed by atoms with Crippen molar-refractivity contribution in [1.82, 2.24) is 20.5 Å². The van der Waals surface area contributed by atoms with E-state index in [1.165, 1.54) is 18.4 Å². The monoisotopic (exact) mass is 242 g/mol. The van der Waals surface area contributed by atoms with Crippen molar-refractivity contribution in [3.8, 4) is 11.3 Å². The maximum atomic E-state index is 4.15. The van der Waals surface area contributed by atoms with Gasteiger partial charge < -0.3 is 5.32 Å². The lowest BCUT2D eigenvalue weighted by atomic mass is 9.82. The van der Waals surface area contributed by atoms with Gasteiger partial charge in [-0.1, -0.05) is 6.92 Å². The Labute approximate surface area is 107 Å². The first-order chi connectivity index (χ1) is 8.83. The summed E-state index contributed by atoms with van der Waals surface area (Å²) >= 11 is 0.